The Morgan fingerprint density at radius 3 is 1.81 bits per heavy atom. The zero-order valence-electron chi connectivity index (χ0n) is 13.5. The molecule has 0 radical (unpaired) electrons. The normalized spacial score (nSPS) is 15.6. The summed E-state index contributed by atoms with van der Waals surface area (Å²) in [7, 11) is 0. The molecule has 0 spiro atoms. The van der Waals surface area contributed by atoms with Crippen LogP contribution in [0.3, 0.4) is 0 Å². The van der Waals surface area contributed by atoms with Crippen molar-refractivity contribution in [1.29, 1.82) is 0 Å². The highest BCUT2D eigenvalue weighted by Crippen LogP contribution is 2.51. The predicted molar refractivity (Wildman–Crippen MR) is 82.0 cm³/mol. The van der Waals surface area contributed by atoms with Gasteiger partial charge in [0.15, 0.2) is 0 Å². The van der Waals surface area contributed by atoms with Crippen molar-refractivity contribution in [2.75, 3.05) is 0 Å². The summed E-state index contributed by atoms with van der Waals surface area (Å²) < 4.78 is 91.0. The fourth-order valence-corrected chi connectivity index (χ4v) is 2.67. The third-order valence-electron chi connectivity index (χ3n) is 3.97. The van der Waals surface area contributed by atoms with E-state index in [2.05, 4.69) is 0 Å². The van der Waals surface area contributed by atoms with Gasteiger partial charge in [-0.2, -0.15) is 30.7 Å². The summed E-state index contributed by atoms with van der Waals surface area (Å²) in [5.74, 6) is -11.8. The lowest BCUT2D eigenvalue weighted by Crippen LogP contribution is -2.54. The lowest BCUT2D eigenvalue weighted by molar-refractivity contribution is -0.361. The van der Waals surface area contributed by atoms with E-state index in [9.17, 15) is 35.8 Å². The zero-order chi connectivity index (χ0) is 19.8. The molecule has 2 rings (SSSR count). The maximum Gasteiger partial charge on any atom is 0.459 e. The second kappa shape index (κ2) is 6.57. The molecule has 0 fully saturated rings. The van der Waals surface area contributed by atoms with E-state index in [0.29, 0.717) is 5.56 Å². The van der Waals surface area contributed by atoms with E-state index in [-0.39, 0.29) is 11.1 Å². The maximum absolute atomic E-state index is 13.8. The van der Waals surface area contributed by atoms with E-state index < -0.39 is 30.0 Å². The Morgan fingerprint density at radius 2 is 1.27 bits per heavy atom. The third kappa shape index (κ3) is 3.70. The molecule has 26 heavy (non-hydrogen) atoms. The second-order valence-electron chi connectivity index (χ2n) is 6.14. The second-order valence-corrected chi connectivity index (χ2v) is 6.14. The van der Waals surface area contributed by atoms with Crippen LogP contribution in [0.4, 0.5) is 30.7 Å². The van der Waals surface area contributed by atoms with Gasteiger partial charge in [-0.15, -0.1) is 0 Å². The average molecular weight is 380 g/mol. The number of aliphatic hydroxyl groups is 1. The standard InChI is InChI=1S/C18H15F7O/c1-15(26,11-16(19,20)17(21,22)18(23,24)25)14-10-6-5-9-13(14)12-7-3-2-4-8-12/h2-10,26H,11H2,1H3. The van der Waals surface area contributed by atoms with E-state index in [1.165, 1.54) is 24.3 Å². The van der Waals surface area contributed by atoms with E-state index in [1.807, 2.05) is 0 Å². The minimum Gasteiger partial charge on any atom is -0.385 e. The molecule has 0 aromatic heterocycles. The molecule has 0 amide bonds. The van der Waals surface area contributed by atoms with Crippen LogP contribution in [0.15, 0.2) is 54.6 Å². The van der Waals surface area contributed by atoms with Crippen LogP contribution in [0.5, 0.6) is 0 Å². The predicted octanol–water partition coefficient (Wildman–Crippen LogP) is 5.78. The van der Waals surface area contributed by atoms with Gasteiger partial charge in [-0.1, -0.05) is 54.6 Å². The molecule has 0 aliphatic rings. The van der Waals surface area contributed by atoms with Crippen molar-refractivity contribution >= 4 is 0 Å². The monoisotopic (exact) mass is 380 g/mol. The Bertz CT molecular complexity index is 752. The Labute approximate surface area is 145 Å². The summed E-state index contributed by atoms with van der Waals surface area (Å²) in [6, 6.07) is 13.7. The molecular formula is C18H15F7O. The van der Waals surface area contributed by atoms with Crippen LogP contribution in [-0.4, -0.2) is 23.1 Å². The highest BCUT2D eigenvalue weighted by atomic mass is 19.4. The van der Waals surface area contributed by atoms with Gasteiger partial charge in [0.1, 0.15) is 0 Å². The number of rotatable bonds is 5. The Kier molecular flexibility index (Phi) is 5.11. The quantitative estimate of drug-likeness (QED) is 0.652. The van der Waals surface area contributed by atoms with Crippen LogP contribution in [0.2, 0.25) is 0 Å². The van der Waals surface area contributed by atoms with Crippen LogP contribution in [0.25, 0.3) is 11.1 Å². The van der Waals surface area contributed by atoms with Crippen LogP contribution in [0.1, 0.15) is 18.9 Å². The molecule has 0 saturated heterocycles. The molecule has 1 nitrogen and oxygen atoms in total. The molecule has 1 unspecified atom stereocenters. The van der Waals surface area contributed by atoms with Crippen LogP contribution < -0.4 is 0 Å². The van der Waals surface area contributed by atoms with Gasteiger partial charge in [-0.05, 0) is 23.6 Å². The molecule has 0 aliphatic heterocycles. The molecular weight excluding hydrogens is 365 g/mol. The van der Waals surface area contributed by atoms with Gasteiger partial charge in [0.2, 0.25) is 0 Å². The van der Waals surface area contributed by atoms with Crippen molar-refractivity contribution in [2.45, 2.75) is 37.0 Å². The minimum absolute atomic E-state index is 0.177. The van der Waals surface area contributed by atoms with E-state index in [1.54, 1.807) is 30.3 Å². The van der Waals surface area contributed by atoms with Gasteiger partial charge in [-0.25, -0.2) is 0 Å². The van der Waals surface area contributed by atoms with Gasteiger partial charge < -0.3 is 5.11 Å². The molecule has 1 N–H and O–H groups in total. The first-order valence-electron chi connectivity index (χ1n) is 7.49. The lowest BCUT2D eigenvalue weighted by atomic mass is 9.83. The van der Waals surface area contributed by atoms with Gasteiger partial charge in [0, 0.05) is 0 Å². The zero-order valence-corrected chi connectivity index (χ0v) is 13.5. The molecule has 142 valence electrons. The number of alkyl halides is 7. The Balaban J connectivity index is 2.46. The molecule has 0 aliphatic carbocycles. The fraction of sp³-hybridized carbons (Fsp3) is 0.333. The van der Waals surface area contributed by atoms with Crippen LogP contribution in [0, 0.1) is 0 Å². The Morgan fingerprint density at radius 1 is 0.769 bits per heavy atom. The summed E-state index contributed by atoms with van der Waals surface area (Å²) in [5, 5.41) is 10.4. The number of benzene rings is 2. The largest absolute Gasteiger partial charge is 0.459 e. The third-order valence-corrected chi connectivity index (χ3v) is 3.97. The van der Waals surface area contributed by atoms with Gasteiger partial charge in [0.25, 0.3) is 0 Å². The molecule has 2 aromatic rings. The highest BCUT2D eigenvalue weighted by Gasteiger charge is 2.73. The first kappa shape index (κ1) is 20.2. The summed E-state index contributed by atoms with van der Waals surface area (Å²) >= 11 is 0. The van der Waals surface area contributed by atoms with Crippen LogP contribution >= 0.6 is 0 Å². The highest BCUT2D eigenvalue weighted by molar-refractivity contribution is 5.68. The number of hydrogen-bond donors (Lipinski definition) is 1. The number of hydrogen-bond acceptors (Lipinski definition) is 1. The Hall–Kier alpha value is -2.09. The van der Waals surface area contributed by atoms with Gasteiger partial charge in [0.05, 0.1) is 12.0 Å². The molecule has 0 heterocycles. The summed E-state index contributed by atoms with van der Waals surface area (Å²) in [6.45, 7) is 0.787. The molecule has 0 saturated carbocycles. The lowest BCUT2D eigenvalue weighted by Gasteiger charge is -2.34. The van der Waals surface area contributed by atoms with Gasteiger partial charge in [-0.3, -0.25) is 0 Å². The molecule has 8 heteroatoms. The van der Waals surface area contributed by atoms with Crippen molar-refractivity contribution in [1.82, 2.24) is 0 Å². The van der Waals surface area contributed by atoms with Crippen molar-refractivity contribution in [3.05, 3.63) is 60.2 Å². The molecule has 0 bridgehead atoms. The summed E-state index contributed by atoms with van der Waals surface area (Å²) in [6.07, 6.45) is -8.54. The van der Waals surface area contributed by atoms with Crippen molar-refractivity contribution < 1.29 is 35.8 Å². The summed E-state index contributed by atoms with van der Waals surface area (Å²) in [4.78, 5) is 0. The first-order chi connectivity index (χ1) is 11.8. The van der Waals surface area contributed by atoms with Crippen molar-refractivity contribution in [3.63, 3.8) is 0 Å². The topological polar surface area (TPSA) is 20.2 Å². The number of halogens is 7. The van der Waals surface area contributed by atoms with E-state index in [4.69, 9.17) is 0 Å². The van der Waals surface area contributed by atoms with Crippen LogP contribution in [-0.2, 0) is 5.60 Å². The first-order valence-corrected chi connectivity index (χ1v) is 7.49. The van der Waals surface area contributed by atoms with E-state index >= 15 is 0 Å². The van der Waals surface area contributed by atoms with Crippen molar-refractivity contribution in [2.24, 2.45) is 0 Å². The maximum atomic E-state index is 13.8. The van der Waals surface area contributed by atoms with E-state index in [0.717, 1.165) is 6.92 Å². The fourth-order valence-electron chi connectivity index (χ4n) is 2.67. The van der Waals surface area contributed by atoms with Gasteiger partial charge >= 0.3 is 18.0 Å². The molecule has 2 aromatic carbocycles. The molecule has 1 atom stereocenters. The summed E-state index contributed by atoms with van der Waals surface area (Å²) in [5.41, 5.74) is -2.06. The SMILES string of the molecule is CC(O)(CC(F)(F)C(F)(F)C(F)(F)F)c1ccccc1-c1ccccc1. The minimum atomic E-state index is -6.44. The van der Waals surface area contributed by atoms with Crippen molar-refractivity contribution in [3.8, 4) is 11.1 Å². The average Bonchev–Trinajstić information content (AvgIpc) is 2.53. The smallest absolute Gasteiger partial charge is 0.385 e.